The summed E-state index contributed by atoms with van der Waals surface area (Å²) in [5, 5.41) is 22.2. The second-order valence-electron chi connectivity index (χ2n) is 7.44. The predicted molar refractivity (Wildman–Crippen MR) is 124 cm³/mol. The zero-order valence-electron chi connectivity index (χ0n) is 18.9. The van der Waals surface area contributed by atoms with E-state index >= 15 is 0 Å². The zero-order valence-corrected chi connectivity index (χ0v) is 18.9. The molecule has 0 bridgehead atoms. The molecule has 0 radical (unpaired) electrons. The van der Waals surface area contributed by atoms with Crippen molar-refractivity contribution in [3.05, 3.63) is 89.5 Å². The molecule has 34 heavy (non-hydrogen) atoms. The molecule has 176 valence electrons. The molecule has 3 rings (SSSR count). The van der Waals surface area contributed by atoms with Gasteiger partial charge >= 0.3 is 5.97 Å². The third kappa shape index (κ3) is 6.52. The average Bonchev–Trinajstić information content (AvgIpc) is 3.23. The molecule has 1 heterocycles. The van der Waals surface area contributed by atoms with Crippen LogP contribution in [0.4, 0.5) is 4.39 Å². The van der Waals surface area contributed by atoms with Gasteiger partial charge in [0, 0.05) is 19.0 Å². The summed E-state index contributed by atoms with van der Waals surface area (Å²) in [6.07, 6.45) is 1.26. The van der Waals surface area contributed by atoms with Gasteiger partial charge in [0.05, 0.1) is 12.7 Å². The van der Waals surface area contributed by atoms with Gasteiger partial charge in [0.2, 0.25) is 0 Å². The first-order valence-corrected chi connectivity index (χ1v) is 10.7. The van der Waals surface area contributed by atoms with Crippen LogP contribution in [0.3, 0.4) is 0 Å². The summed E-state index contributed by atoms with van der Waals surface area (Å²) >= 11 is 0. The largest absolute Gasteiger partial charge is 0.466 e. The minimum absolute atomic E-state index is 0.181. The Bertz CT molecular complexity index is 1190. The Kier molecular flexibility index (Phi) is 8.53. The van der Waals surface area contributed by atoms with Crippen molar-refractivity contribution < 1.29 is 23.8 Å². The minimum atomic E-state index is -1.15. The number of aryl methyl sites for hydroxylation is 1. The molecule has 9 heteroatoms. The smallest absolute Gasteiger partial charge is 0.313 e. The molecule has 2 aromatic carbocycles. The van der Waals surface area contributed by atoms with Gasteiger partial charge in [-0.05, 0) is 46.2 Å². The number of tetrazole rings is 1. The highest BCUT2D eigenvalue weighted by atomic mass is 19.1. The molecule has 0 saturated carbocycles. The number of allylic oxidation sites excluding steroid dienone is 2. The Morgan fingerprint density at radius 3 is 2.41 bits per heavy atom. The molecule has 0 amide bonds. The van der Waals surface area contributed by atoms with Gasteiger partial charge in [0.25, 0.3) is 0 Å². The Morgan fingerprint density at radius 1 is 1.12 bits per heavy atom. The number of hydrogen-bond acceptors (Lipinski definition) is 7. The normalized spacial score (nSPS) is 12.9. The van der Waals surface area contributed by atoms with Gasteiger partial charge in [-0.15, -0.1) is 5.10 Å². The number of halogens is 1. The van der Waals surface area contributed by atoms with Crippen molar-refractivity contribution in [1.82, 2.24) is 20.2 Å². The van der Waals surface area contributed by atoms with E-state index in [0.717, 1.165) is 5.56 Å². The number of benzene rings is 2. The van der Waals surface area contributed by atoms with E-state index in [-0.39, 0.29) is 18.8 Å². The van der Waals surface area contributed by atoms with E-state index in [2.05, 4.69) is 15.5 Å². The van der Waals surface area contributed by atoms with Crippen molar-refractivity contribution in [3.63, 3.8) is 0 Å². The SMILES string of the molecule is CCOC(=O)CC(=O)CC(O)C=CC(=C(c1ccccc1)c1ccc(F)cc1)c1nnnn1C. The summed E-state index contributed by atoms with van der Waals surface area (Å²) in [4.78, 5) is 23.6. The van der Waals surface area contributed by atoms with Crippen LogP contribution in [-0.4, -0.2) is 49.8 Å². The fourth-order valence-corrected chi connectivity index (χ4v) is 3.38. The van der Waals surface area contributed by atoms with Crippen LogP contribution in [-0.2, 0) is 21.4 Å². The second kappa shape index (κ2) is 11.8. The van der Waals surface area contributed by atoms with E-state index in [1.165, 1.54) is 22.9 Å². The van der Waals surface area contributed by atoms with Gasteiger partial charge in [-0.1, -0.05) is 54.6 Å². The molecule has 3 aromatic rings. The molecule has 1 atom stereocenters. The molecule has 1 N–H and O–H groups in total. The highest BCUT2D eigenvalue weighted by Crippen LogP contribution is 2.32. The maximum atomic E-state index is 13.6. The van der Waals surface area contributed by atoms with Crippen molar-refractivity contribution in [1.29, 1.82) is 0 Å². The van der Waals surface area contributed by atoms with Gasteiger partial charge in [-0.25, -0.2) is 9.07 Å². The van der Waals surface area contributed by atoms with E-state index in [4.69, 9.17) is 4.74 Å². The van der Waals surface area contributed by atoms with Crippen molar-refractivity contribution in [3.8, 4) is 0 Å². The third-order valence-electron chi connectivity index (χ3n) is 4.89. The first-order valence-electron chi connectivity index (χ1n) is 10.7. The monoisotopic (exact) mass is 464 g/mol. The number of hydrogen-bond donors (Lipinski definition) is 1. The van der Waals surface area contributed by atoms with E-state index in [9.17, 15) is 19.1 Å². The van der Waals surface area contributed by atoms with E-state index in [1.54, 1.807) is 32.2 Å². The van der Waals surface area contributed by atoms with Crippen LogP contribution in [0.1, 0.15) is 36.7 Å². The van der Waals surface area contributed by atoms with Gasteiger partial charge in [0.15, 0.2) is 5.82 Å². The predicted octanol–water partition coefficient (Wildman–Crippen LogP) is 3.14. The first kappa shape index (κ1) is 24.7. The minimum Gasteiger partial charge on any atom is -0.466 e. The van der Waals surface area contributed by atoms with Crippen LogP contribution in [0.5, 0.6) is 0 Å². The van der Waals surface area contributed by atoms with Crippen LogP contribution in [0.25, 0.3) is 11.1 Å². The number of carbonyl (C=O) groups is 2. The second-order valence-corrected chi connectivity index (χ2v) is 7.44. The van der Waals surface area contributed by atoms with Crippen LogP contribution < -0.4 is 0 Å². The summed E-state index contributed by atoms with van der Waals surface area (Å²) in [6.45, 7) is 1.83. The first-order chi connectivity index (χ1) is 16.4. The molecule has 1 aromatic heterocycles. The van der Waals surface area contributed by atoms with Gasteiger partial charge in [0.1, 0.15) is 18.0 Å². The highest BCUT2D eigenvalue weighted by Gasteiger charge is 2.18. The van der Waals surface area contributed by atoms with Crippen molar-refractivity contribution in [2.24, 2.45) is 7.05 Å². The number of ketones is 1. The summed E-state index contributed by atoms with van der Waals surface area (Å²) in [6, 6.07) is 15.4. The van der Waals surface area contributed by atoms with Crippen molar-refractivity contribution in [2.75, 3.05) is 6.61 Å². The van der Waals surface area contributed by atoms with Crippen molar-refractivity contribution >= 4 is 22.9 Å². The molecule has 0 fully saturated rings. The fourth-order valence-electron chi connectivity index (χ4n) is 3.38. The third-order valence-corrected chi connectivity index (χ3v) is 4.89. The van der Waals surface area contributed by atoms with Gasteiger partial charge in [-0.3, -0.25) is 9.59 Å². The van der Waals surface area contributed by atoms with Gasteiger partial charge in [-0.2, -0.15) is 0 Å². The van der Waals surface area contributed by atoms with E-state index < -0.39 is 24.3 Å². The van der Waals surface area contributed by atoms with Crippen LogP contribution in [0.2, 0.25) is 0 Å². The van der Waals surface area contributed by atoms with Crippen LogP contribution in [0.15, 0.2) is 66.7 Å². The molecule has 8 nitrogen and oxygen atoms in total. The Hall–Kier alpha value is -3.98. The number of rotatable bonds is 10. The molecule has 0 spiro atoms. The Balaban J connectivity index is 2.03. The maximum absolute atomic E-state index is 13.6. The lowest BCUT2D eigenvalue weighted by atomic mass is 9.92. The number of ether oxygens (including phenoxy) is 1. The lowest BCUT2D eigenvalue weighted by Gasteiger charge is -2.14. The molecule has 0 aliphatic rings. The number of Topliss-reactive ketones (excluding diaryl/α,β-unsaturated/α-hetero) is 1. The topological polar surface area (TPSA) is 107 Å². The molecule has 0 aliphatic heterocycles. The van der Waals surface area contributed by atoms with Crippen LogP contribution in [0, 0.1) is 5.82 Å². The summed E-state index contributed by atoms with van der Waals surface area (Å²) in [5.41, 5.74) is 2.80. The van der Waals surface area contributed by atoms with E-state index in [0.29, 0.717) is 22.5 Å². The number of aliphatic hydroxyl groups excluding tert-OH is 1. The number of aromatic nitrogens is 4. The highest BCUT2D eigenvalue weighted by molar-refractivity contribution is 6.01. The standard InChI is InChI=1S/C25H25FN4O4/c1-3-34-23(33)16-21(32)15-20(31)13-14-22(25-27-28-29-30(25)2)24(17-7-5-4-6-8-17)18-9-11-19(26)12-10-18/h4-14,20,31H,3,15-16H2,1-2H3. The van der Waals surface area contributed by atoms with Crippen LogP contribution >= 0.6 is 0 Å². The number of aliphatic hydroxyl groups is 1. The average molecular weight is 464 g/mol. The molecule has 0 aliphatic carbocycles. The van der Waals surface area contributed by atoms with Crippen molar-refractivity contribution in [2.45, 2.75) is 25.9 Å². The molecular weight excluding hydrogens is 439 g/mol. The number of nitrogens with zero attached hydrogens (tertiary/aromatic N) is 4. The Labute approximate surface area is 196 Å². The summed E-state index contributed by atoms with van der Waals surface area (Å²) < 4.78 is 19.9. The quantitative estimate of drug-likeness (QED) is 0.279. The lowest BCUT2D eigenvalue weighted by molar-refractivity contribution is -0.145. The number of carbonyl (C=O) groups excluding carboxylic acids is 2. The van der Waals surface area contributed by atoms with E-state index in [1.807, 2.05) is 30.3 Å². The zero-order chi connectivity index (χ0) is 24.5. The Morgan fingerprint density at radius 2 is 1.79 bits per heavy atom. The maximum Gasteiger partial charge on any atom is 0.313 e. The molecular formula is C25H25FN4O4. The summed E-state index contributed by atoms with van der Waals surface area (Å²) in [5.74, 6) is -1.03. The lowest BCUT2D eigenvalue weighted by Crippen LogP contribution is -2.16. The number of esters is 1. The summed E-state index contributed by atoms with van der Waals surface area (Å²) in [7, 11) is 1.68. The molecule has 1 unspecified atom stereocenters. The molecule has 0 saturated heterocycles. The fraction of sp³-hybridized carbons (Fsp3) is 0.240. The van der Waals surface area contributed by atoms with Gasteiger partial charge < -0.3 is 9.84 Å².